The number of rotatable bonds is 3. The zero-order valence-electron chi connectivity index (χ0n) is 8.08. The second-order valence-corrected chi connectivity index (χ2v) is 5.00. The Kier molecular flexibility index (Phi) is 3.07. The van der Waals surface area contributed by atoms with E-state index in [4.69, 9.17) is 11.5 Å². The van der Waals surface area contributed by atoms with Crippen LogP contribution in [-0.2, 0) is 0 Å². The van der Waals surface area contributed by atoms with Crippen molar-refractivity contribution in [2.45, 2.75) is 9.24 Å². The zero-order valence-corrected chi connectivity index (χ0v) is 9.72. The van der Waals surface area contributed by atoms with Crippen molar-refractivity contribution in [2.75, 3.05) is 5.73 Å². The van der Waals surface area contributed by atoms with E-state index in [9.17, 15) is 4.79 Å². The molecule has 7 heteroatoms. The van der Waals surface area contributed by atoms with Gasteiger partial charge in [-0.15, -0.1) is 0 Å². The van der Waals surface area contributed by atoms with Gasteiger partial charge in [0.25, 0.3) is 0 Å². The van der Waals surface area contributed by atoms with Crippen molar-refractivity contribution < 1.29 is 4.79 Å². The van der Waals surface area contributed by atoms with E-state index in [0.717, 1.165) is 9.24 Å². The molecule has 0 fully saturated rings. The Bertz CT molecular complexity index is 512. The predicted molar refractivity (Wildman–Crippen MR) is 63.4 cm³/mol. The molecule has 1 aromatic heterocycles. The number of nitrogen functional groups attached to an aromatic ring is 1. The maximum absolute atomic E-state index is 11.2. The van der Waals surface area contributed by atoms with Crippen LogP contribution in [0.4, 0.5) is 5.69 Å². The van der Waals surface area contributed by atoms with Gasteiger partial charge < -0.3 is 11.5 Å². The first-order valence-electron chi connectivity index (χ1n) is 4.30. The van der Waals surface area contributed by atoms with Crippen LogP contribution in [0.5, 0.6) is 0 Å². The van der Waals surface area contributed by atoms with Gasteiger partial charge in [0.15, 0.2) is 4.34 Å². The lowest BCUT2D eigenvalue weighted by Gasteiger charge is -2.04. The first-order chi connectivity index (χ1) is 7.66. The second-order valence-electron chi connectivity index (χ2n) is 2.93. The van der Waals surface area contributed by atoms with Gasteiger partial charge in [0.05, 0.1) is 5.56 Å². The molecule has 4 N–H and O–H groups in total. The van der Waals surface area contributed by atoms with E-state index in [0.29, 0.717) is 11.3 Å². The molecule has 0 unspecified atom stereocenters. The molecule has 0 atom stereocenters. The molecule has 1 aromatic carbocycles. The van der Waals surface area contributed by atoms with Gasteiger partial charge in [-0.1, -0.05) is 11.8 Å². The largest absolute Gasteiger partial charge is 0.399 e. The number of carbonyl (C=O) groups is 1. The van der Waals surface area contributed by atoms with Crippen molar-refractivity contribution in [3.05, 3.63) is 30.1 Å². The normalized spacial score (nSPS) is 10.2. The lowest BCUT2D eigenvalue weighted by Crippen LogP contribution is -2.12. The Balaban J connectivity index is 2.36. The third kappa shape index (κ3) is 2.31. The SMILES string of the molecule is NC(=O)c1cc(N)ccc1Sc1ncns1. The molecule has 0 spiro atoms. The van der Waals surface area contributed by atoms with Gasteiger partial charge in [0, 0.05) is 10.6 Å². The summed E-state index contributed by atoms with van der Waals surface area (Å²) < 4.78 is 4.64. The van der Waals surface area contributed by atoms with Crippen molar-refractivity contribution in [3.63, 3.8) is 0 Å². The van der Waals surface area contributed by atoms with Crippen LogP contribution < -0.4 is 11.5 Å². The summed E-state index contributed by atoms with van der Waals surface area (Å²) in [6.07, 6.45) is 1.47. The van der Waals surface area contributed by atoms with Crippen molar-refractivity contribution in [1.82, 2.24) is 9.36 Å². The molecule has 0 aliphatic carbocycles. The van der Waals surface area contributed by atoms with Gasteiger partial charge in [0.2, 0.25) is 5.91 Å². The molecule has 2 aromatic rings. The van der Waals surface area contributed by atoms with Gasteiger partial charge in [-0.05, 0) is 29.7 Å². The minimum atomic E-state index is -0.501. The molecule has 0 saturated heterocycles. The minimum absolute atomic E-state index is 0.403. The number of nitrogens with two attached hydrogens (primary N) is 2. The van der Waals surface area contributed by atoms with Crippen LogP contribution in [0.3, 0.4) is 0 Å². The lowest BCUT2D eigenvalue weighted by atomic mass is 10.2. The number of anilines is 1. The Morgan fingerprint density at radius 2 is 2.25 bits per heavy atom. The number of primary amides is 1. The van der Waals surface area contributed by atoms with Crippen molar-refractivity contribution in [2.24, 2.45) is 5.73 Å². The van der Waals surface area contributed by atoms with Crippen LogP contribution in [0.25, 0.3) is 0 Å². The van der Waals surface area contributed by atoms with Crippen molar-refractivity contribution >= 4 is 34.9 Å². The monoisotopic (exact) mass is 252 g/mol. The summed E-state index contributed by atoms with van der Waals surface area (Å²) in [5, 5.41) is 0. The summed E-state index contributed by atoms with van der Waals surface area (Å²) in [4.78, 5) is 16.0. The van der Waals surface area contributed by atoms with Gasteiger partial charge in [-0.3, -0.25) is 4.79 Å². The van der Waals surface area contributed by atoms with E-state index in [2.05, 4.69) is 9.36 Å². The van der Waals surface area contributed by atoms with Gasteiger partial charge >= 0.3 is 0 Å². The molecule has 2 rings (SSSR count). The van der Waals surface area contributed by atoms with E-state index in [-0.39, 0.29) is 0 Å². The fourth-order valence-electron chi connectivity index (χ4n) is 1.13. The molecule has 0 bridgehead atoms. The van der Waals surface area contributed by atoms with Gasteiger partial charge in [0.1, 0.15) is 6.33 Å². The van der Waals surface area contributed by atoms with Crippen LogP contribution in [0.2, 0.25) is 0 Å². The first-order valence-corrected chi connectivity index (χ1v) is 5.89. The topological polar surface area (TPSA) is 94.9 Å². The van der Waals surface area contributed by atoms with E-state index in [1.807, 2.05) is 0 Å². The van der Waals surface area contributed by atoms with Crippen molar-refractivity contribution in [1.29, 1.82) is 0 Å². The molecule has 1 heterocycles. The Morgan fingerprint density at radius 1 is 1.44 bits per heavy atom. The van der Waals surface area contributed by atoms with E-state index in [1.165, 1.54) is 29.6 Å². The van der Waals surface area contributed by atoms with Crippen LogP contribution in [0.1, 0.15) is 10.4 Å². The Labute approximate surface area is 100 Å². The van der Waals surface area contributed by atoms with Crippen LogP contribution in [0.15, 0.2) is 33.8 Å². The number of nitrogens with zero attached hydrogens (tertiary/aromatic N) is 2. The average molecular weight is 252 g/mol. The van der Waals surface area contributed by atoms with Crippen LogP contribution >= 0.6 is 23.3 Å². The number of hydrogen-bond donors (Lipinski definition) is 2. The van der Waals surface area contributed by atoms with Gasteiger partial charge in [-0.2, -0.15) is 4.37 Å². The molecule has 0 radical (unpaired) electrons. The standard InChI is InChI=1S/C9H8N4OS2/c10-5-1-2-7(6(3-5)8(11)14)15-9-12-4-13-16-9/h1-4H,10H2,(H2,11,14). The lowest BCUT2D eigenvalue weighted by molar-refractivity contribution is 0.0997. The maximum atomic E-state index is 11.2. The highest BCUT2D eigenvalue weighted by Crippen LogP contribution is 2.31. The molecule has 5 nitrogen and oxygen atoms in total. The second kappa shape index (κ2) is 4.50. The summed E-state index contributed by atoms with van der Waals surface area (Å²) in [5.41, 5.74) is 11.8. The summed E-state index contributed by atoms with van der Waals surface area (Å²) in [7, 11) is 0. The molecule has 0 aliphatic rings. The number of hydrogen-bond acceptors (Lipinski definition) is 6. The number of aromatic nitrogens is 2. The fraction of sp³-hybridized carbons (Fsp3) is 0. The molecule has 16 heavy (non-hydrogen) atoms. The summed E-state index contributed by atoms with van der Waals surface area (Å²) in [5.74, 6) is -0.501. The predicted octanol–water partition coefficient (Wildman–Crippen LogP) is 1.37. The molecule has 82 valence electrons. The quantitative estimate of drug-likeness (QED) is 0.804. The molecular weight excluding hydrogens is 244 g/mol. The Hall–Kier alpha value is -1.60. The zero-order chi connectivity index (χ0) is 11.5. The average Bonchev–Trinajstić information content (AvgIpc) is 2.73. The molecule has 0 saturated carbocycles. The highest BCUT2D eigenvalue weighted by atomic mass is 32.2. The first kappa shape index (κ1) is 10.9. The molecule has 0 aliphatic heterocycles. The third-order valence-corrected chi connectivity index (χ3v) is 3.60. The summed E-state index contributed by atoms with van der Waals surface area (Å²) in [6.45, 7) is 0. The smallest absolute Gasteiger partial charge is 0.249 e. The highest BCUT2D eigenvalue weighted by Gasteiger charge is 2.11. The van der Waals surface area contributed by atoms with E-state index in [1.54, 1.807) is 18.2 Å². The van der Waals surface area contributed by atoms with E-state index < -0.39 is 5.91 Å². The Morgan fingerprint density at radius 3 is 2.88 bits per heavy atom. The van der Waals surface area contributed by atoms with E-state index >= 15 is 0 Å². The highest BCUT2D eigenvalue weighted by molar-refractivity contribution is 8.01. The number of benzene rings is 1. The van der Waals surface area contributed by atoms with Gasteiger partial charge in [-0.25, -0.2) is 4.98 Å². The number of carbonyl (C=O) groups excluding carboxylic acids is 1. The summed E-state index contributed by atoms with van der Waals surface area (Å²) in [6, 6.07) is 5.03. The third-order valence-electron chi connectivity index (χ3n) is 1.81. The minimum Gasteiger partial charge on any atom is -0.399 e. The fourth-order valence-corrected chi connectivity index (χ4v) is 2.65. The molecular formula is C9H8N4OS2. The van der Waals surface area contributed by atoms with Crippen LogP contribution in [0, 0.1) is 0 Å². The van der Waals surface area contributed by atoms with Crippen molar-refractivity contribution in [3.8, 4) is 0 Å². The van der Waals surface area contributed by atoms with Crippen LogP contribution in [-0.4, -0.2) is 15.3 Å². The maximum Gasteiger partial charge on any atom is 0.249 e. The molecule has 1 amide bonds. The summed E-state index contributed by atoms with van der Waals surface area (Å²) >= 11 is 2.61. The number of amides is 1.